The Balaban J connectivity index is 1.21. The normalized spacial score (nSPS) is 11.3. The highest BCUT2D eigenvalue weighted by Gasteiger charge is 2.16. The lowest BCUT2D eigenvalue weighted by Crippen LogP contribution is -2.01. The van der Waals surface area contributed by atoms with Gasteiger partial charge in [-0.25, -0.2) is 9.97 Å². The molecule has 0 aliphatic heterocycles. The van der Waals surface area contributed by atoms with Gasteiger partial charge in [0.15, 0.2) is 0 Å². The van der Waals surface area contributed by atoms with Gasteiger partial charge in [0.05, 0.1) is 16.7 Å². The van der Waals surface area contributed by atoms with E-state index in [4.69, 9.17) is 9.97 Å². The summed E-state index contributed by atoms with van der Waals surface area (Å²) >= 11 is 0. The average molecular weight is 550 g/mol. The number of fused-ring (bicyclic) bond motifs is 3. The van der Waals surface area contributed by atoms with E-state index in [2.05, 4.69) is 144 Å². The Morgan fingerprint density at radius 1 is 0.372 bits per heavy atom. The zero-order valence-electron chi connectivity index (χ0n) is 23.4. The maximum Gasteiger partial charge on any atom is 0.235 e. The van der Waals surface area contributed by atoms with Crippen molar-refractivity contribution in [2.75, 3.05) is 0 Å². The van der Waals surface area contributed by atoms with Crippen molar-refractivity contribution in [1.82, 2.24) is 14.5 Å². The molecule has 0 saturated heterocycles. The van der Waals surface area contributed by atoms with Crippen molar-refractivity contribution < 1.29 is 0 Å². The Hall–Kier alpha value is -5.80. The topological polar surface area (TPSA) is 30.7 Å². The fraction of sp³-hybridized carbons (Fsp3) is 0. The van der Waals surface area contributed by atoms with Crippen LogP contribution in [0.4, 0.5) is 0 Å². The van der Waals surface area contributed by atoms with Crippen LogP contribution in [-0.2, 0) is 0 Å². The van der Waals surface area contributed by atoms with Gasteiger partial charge in [0.2, 0.25) is 5.95 Å². The number of nitrogens with zero attached hydrogens (tertiary/aromatic N) is 3. The van der Waals surface area contributed by atoms with Crippen LogP contribution in [0.25, 0.3) is 72.4 Å². The van der Waals surface area contributed by atoms with Crippen LogP contribution < -0.4 is 0 Å². The standard InChI is InChI=1S/C40H27N3/c1-3-10-28(11-4-1)30-18-20-31(21-19-30)32-14-9-15-34(26-32)37-24-25-41-40(42-37)43-38-17-8-7-16-35(38)36-23-22-33(27-39(36)43)29-12-5-2-6-13-29/h1-27H. The first-order valence-electron chi connectivity index (χ1n) is 14.5. The van der Waals surface area contributed by atoms with Gasteiger partial charge < -0.3 is 0 Å². The molecule has 0 aliphatic carbocycles. The molecule has 6 aromatic carbocycles. The molecule has 0 atom stereocenters. The SMILES string of the molecule is c1ccc(-c2ccc(-c3cccc(-c4ccnc(-n5c6ccccc6c6ccc(-c7ccccc7)cc65)n4)c3)cc2)cc1. The second kappa shape index (κ2) is 10.6. The van der Waals surface area contributed by atoms with E-state index in [-0.39, 0.29) is 0 Å². The molecule has 0 spiro atoms. The average Bonchev–Trinajstić information content (AvgIpc) is 3.43. The molecule has 3 heteroatoms. The third kappa shape index (κ3) is 4.58. The van der Waals surface area contributed by atoms with Gasteiger partial charge in [-0.2, -0.15) is 0 Å². The van der Waals surface area contributed by atoms with E-state index < -0.39 is 0 Å². The fourth-order valence-corrected chi connectivity index (χ4v) is 5.96. The zero-order chi connectivity index (χ0) is 28.6. The van der Waals surface area contributed by atoms with Gasteiger partial charge >= 0.3 is 0 Å². The Labute approximate surface area is 250 Å². The van der Waals surface area contributed by atoms with Crippen LogP contribution in [0.5, 0.6) is 0 Å². The minimum absolute atomic E-state index is 0.659. The summed E-state index contributed by atoms with van der Waals surface area (Å²) < 4.78 is 2.19. The van der Waals surface area contributed by atoms with E-state index in [1.165, 1.54) is 38.6 Å². The number of benzene rings is 6. The van der Waals surface area contributed by atoms with Gasteiger partial charge in [-0.3, -0.25) is 4.57 Å². The molecule has 0 saturated carbocycles. The first kappa shape index (κ1) is 25.0. The monoisotopic (exact) mass is 549 g/mol. The van der Waals surface area contributed by atoms with Crippen LogP contribution in [0.2, 0.25) is 0 Å². The number of rotatable bonds is 5. The quantitative estimate of drug-likeness (QED) is 0.214. The molecule has 0 aliphatic rings. The van der Waals surface area contributed by atoms with Crippen molar-refractivity contribution in [2.45, 2.75) is 0 Å². The first-order chi connectivity index (χ1) is 21.3. The molecule has 0 bridgehead atoms. The molecule has 43 heavy (non-hydrogen) atoms. The fourth-order valence-electron chi connectivity index (χ4n) is 5.96. The lowest BCUT2D eigenvalue weighted by Gasteiger charge is -2.10. The van der Waals surface area contributed by atoms with E-state index in [1.807, 2.05) is 24.4 Å². The van der Waals surface area contributed by atoms with Crippen molar-refractivity contribution in [1.29, 1.82) is 0 Å². The summed E-state index contributed by atoms with van der Waals surface area (Å²) in [5, 5.41) is 2.37. The number of hydrogen-bond donors (Lipinski definition) is 0. The van der Waals surface area contributed by atoms with Crippen LogP contribution in [0.3, 0.4) is 0 Å². The Morgan fingerprint density at radius 3 is 1.67 bits per heavy atom. The summed E-state index contributed by atoms with van der Waals surface area (Å²) in [7, 11) is 0. The maximum absolute atomic E-state index is 5.13. The molecule has 2 heterocycles. The largest absolute Gasteiger partial charge is 0.278 e. The molecule has 0 fully saturated rings. The predicted molar refractivity (Wildman–Crippen MR) is 178 cm³/mol. The van der Waals surface area contributed by atoms with E-state index in [0.717, 1.165) is 27.9 Å². The van der Waals surface area contributed by atoms with Gasteiger partial charge in [0, 0.05) is 22.5 Å². The van der Waals surface area contributed by atoms with Gasteiger partial charge in [-0.1, -0.05) is 133 Å². The van der Waals surface area contributed by atoms with Crippen LogP contribution in [0.1, 0.15) is 0 Å². The number of hydrogen-bond acceptors (Lipinski definition) is 2. The summed E-state index contributed by atoms with van der Waals surface area (Å²) in [6.45, 7) is 0. The van der Waals surface area contributed by atoms with Gasteiger partial charge in [-0.15, -0.1) is 0 Å². The highest BCUT2D eigenvalue weighted by Crippen LogP contribution is 2.35. The second-order valence-electron chi connectivity index (χ2n) is 10.7. The number of para-hydroxylation sites is 1. The zero-order valence-corrected chi connectivity index (χ0v) is 23.4. The molecule has 2 aromatic heterocycles. The molecular weight excluding hydrogens is 522 g/mol. The van der Waals surface area contributed by atoms with Crippen molar-refractivity contribution >= 4 is 21.8 Å². The van der Waals surface area contributed by atoms with Crippen molar-refractivity contribution in [3.05, 3.63) is 164 Å². The third-order valence-electron chi connectivity index (χ3n) is 8.11. The Morgan fingerprint density at radius 2 is 0.907 bits per heavy atom. The molecule has 8 rings (SSSR count). The molecule has 0 unspecified atom stereocenters. The van der Waals surface area contributed by atoms with Crippen molar-refractivity contribution in [2.24, 2.45) is 0 Å². The predicted octanol–water partition coefficient (Wildman–Crippen LogP) is 10.2. The molecule has 0 N–H and O–H groups in total. The summed E-state index contributed by atoms with van der Waals surface area (Å²) in [6, 6.07) is 55.4. The minimum Gasteiger partial charge on any atom is -0.278 e. The minimum atomic E-state index is 0.659. The molecule has 3 nitrogen and oxygen atoms in total. The lowest BCUT2D eigenvalue weighted by molar-refractivity contribution is 0.992. The summed E-state index contributed by atoms with van der Waals surface area (Å²) in [5.74, 6) is 0.659. The third-order valence-corrected chi connectivity index (χ3v) is 8.11. The molecule has 202 valence electrons. The molecule has 0 radical (unpaired) electrons. The Bertz CT molecular complexity index is 2210. The summed E-state index contributed by atoms with van der Waals surface area (Å²) in [5.41, 5.74) is 11.2. The number of aromatic nitrogens is 3. The summed E-state index contributed by atoms with van der Waals surface area (Å²) in [4.78, 5) is 9.91. The van der Waals surface area contributed by atoms with Crippen LogP contribution >= 0.6 is 0 Å². The van der Waals surface area contributed by atoms with E-state index in [0.29, 0.717) is 5.95 Å². The highest BCUT2D eigenvalue weighted by atomic mass is 15.2. The second-order valence-corrected chi connectivity index (χ2v) is 10.7. The van der Waals surface area contributed by atoms with E-state index >= 15 is 0 Å². The van der Waals surface area contributed by atoms with Gasteiger partial charge in [-0.05, 0) is 57.6 Å². The van der Waals surface area contributed by atoms with Crippen LogP contribution in [0.15, 0.2) is 164 Å². The Kier molecular flexibility index (Phi) is 6.12. The lowest BCUT2D eigenvalue weighted by atomic mass is 9.98. The first-order valence-corrected chi connectivity index (χ1v) is 14.5. The highest BCUT2D eigenvalue weighted by molar-refractivity contribution is 6.10. The van der Waals surface area contributed by atoms with E-state index in [1.54, 1.807) is 0 Å². The molecular formula is C40H27N3. The van der Waals surface area contributed by atoms with Gasteiger partial charge in [0.25, 0.3) is 0 Å². The van der Waals surface area contributed by atoms with Crippen molar-refractivity contribution in [3.63, 3.8) is 0 Å². The molecule has 0 amide bonds. The van der Waals surface area contributed by atoms with Crippen molar-refractivity contribution in [3.8, 4) is 50.6 Å². The van der Waals surface area contributed by atoms with Crippen LogP contribution in [-0.4, -0.2) is 14.5 Å². The summed E-state index contributed by atoms with van der Waals surface area (Å²) in [6.07, 6.45) is 1.86. The van der Waals surface area contributed by atoms with E-state index in [9.17, 15) is 0 Å². The maximum atomic E-state index is 5.13. The van der Waals surface area contributed by atoms with Gasteiger partial charge in [0.1, 0.15) is 0 Å². The van der Waals surface area contributed by atoms with Crippen LogP contribution in [0, 0.1) is 0 Å². The smallest absolute Gasteiger partial charge is 0.235 e. The molecule has 8 aromatic rings.